The normalized spacial score (nSPS) is 19.5. The van der Waals surface area contributed by atoms with Crippen molar-refractivity contribution in [3.63, 3.8) is 0 Å². The van der Waals surface area contributed by atoms with Gasteiger partial charge in [0, 0.05) is 31.3 Å². The fraction of sp³-hybridized carbons (Fsp3) is 0.320. The first-order valence-corrected chi connectivity index (χ1v) is 10.8. The van der Waals surface area contributed by atoms with Crippen LogP contribution in [0.3, 0.4) is 0 Å². The van der Waals surface area contributed by atoms with Gasteiger partial charge in [-0.3, -0.25) is 0 Å². The SMILES string of the molecule is C[C@@H](c1ccc(-c2ccncn2)cc1)N1CCC(CCCO)(c2ccc(F)cc2)OC1=O. The number of hydrogen-bond acceptors (Lipinski definition) is 5. The van der Waals surface area contributed by atoms with E-state index < -0.39 is 11.7 Å². The molecule has 166 valence electrons. The van der Waals surface area contributed by atoms with Crippen LogP contribution in [-0.4, -0.2) is 39.2 Å². The molecule has 1 fully saturated rings. The van der Waals surface area contributed by atoms with Crippen molar-refractivity contribution in [2.45, 2.75) is 37.8 Å². The molecular weight excluding hydrogens is 409 g/mol. The van der Waals surface area contributed by atoms with E-state index in [1.54, 1.807) is 23.2 Å². The van der Waals surface area contributed by atoms with Gasteiger partial charge in [0.2, 0.25) is 0 Å². The number of benzene rings is 2. The molecular formula is C25H26FN3O3. The molecule has 0 saturated carbocycles. The van der Waals surface area contributed by atoms with E-state index >= 15 is 0 Å². The maximum atomic E-state index is 13.4. The third-order valence-corrected chi connectivity index (χ3v) is 6.12. The molecule has 2 atom stereocenters. The Hall–Kier alpha value is -3.32. The van der Waals surface area contributed by atoms with Gasteiger partial charge >= 0.3 is 6.09 Å². The molecule has 3 aromatic rings. The first kappa shape index (κ1) is 21.9. The van der Waals surface area contributed by atoms with Gasteiger partial charge in [0.15, 0.2) is 0 Å². The molecule has 4 rings (SSSR count). The molecule has 0 spiro atoms. The topological polar surface area (TPSA) is 75.6 Å². The third-order valence-electron chi connectivity index (χ3n) is 6.12. The molecule has 7 heteroatoms. The zero-order chi connectivity index (χ0) is 22.6. The quantitative estimate of drug-likeness (QED) is 0.574. The van der Waals surface area contributed by atoms with Crippen molar-refractivity contribution in [1.82, 2.24) is 14.9 Å². The highest BCUT2D eigenvalue weighted by Crippen LogP contribution is 2.40. The highest BCUT2D eigenvalue weighted by molar-refractivity contribution is 5.70. The molecule has 6 nitrogen and oxygen atoms in total. The van der Waals surface area contributed by atoms with Crippen molar-refractivity contribution in [3.05, 3.63) is 84.1 Å². The van der Waals surface area contributed by atoms with E-state index in [-0.39, 0.29) is 18.5 Å². The number of carbonyl (C=O) groups excluding carboxylic acids is 1. The number of hydrogen-bond donors (Lipinski definition) is 1. The first-order valence-electron chi connectivity index (χ1n) is 10.8. The van der Waals surface area contributed by atoms with Gasteiger partial charge in [-0.05, 0) is 49.1 Å². The van der Waals surface area contributed by atoms with Gasteiger partial charge in [0.25, 0.3) is 0 Å². The maximum Gasteiger partial charge on any atom is 0.411 e. The number of aromatic nitrogens is 2. The van der Waals surface area contributed by atoms with E-state index in [0.717, 1.165) is 22.4 Å². The molecule has 0 bridgehead atoms. The summed E-state index contributed by atoms with van der Waals surface area (Å²) in [7, 11) is 0. The van der Waals surface area contributed by atoms with Gasteiger partial charge in [-0.25, -0.2) is 19.2 Å². The standard InChI is InChI=1S/C25H26FN3O3/c1-18(19-3-5-20(6-4-19)23-11-14-27-17-28-23)29-15-13-25(12-2-16-30,32-24(29)31)21-7-9-22(26)10-8-21/h3-11,14,17-18,30H,2,12-13,15-16H2,1H3/t18-,25?/m0/s1. The average Bonchev–Trinajstić information content (AvgIpc) is 2.83. The number of ether oxygens (including phenoxy) is 1. The second kappa shape index (κ2) is 9.44. The maximum absolute atomic E-state index is 13.4. The molecule has 1 saturated heterocycles. The van der Waals surface area contributed by atoms with Crippen LogP contribution in [0.15, 0.2) is 67.1 Å². The van der Waals surface area contributed by atoms with Crippen LogP contribution in [0.25, 0.3) is 11.3 Å². The van der Waals surface area contributed by atoms with Crippen LogP contribution in [-0.2, 0) is 10.3 Å². The van der Waals surface area contributed by atoms with Gasteiger partial charge < -0.3 is 14.7 Å². The molecule has 1 unspecified atom stereocenters. The monoisotopic (exact) mass is 435 g/mol. The summed E-state index contributed by atoms with van der Waals surface area (Å²) in [6, 6.07) is 15.7. The van der Waals surface area contributed by atoms with Gasteiger partial charge in [-0.15, -0.1) is 0 Å². The number of nitrogens with zero attached hydrogens (tertiary/aromatic N) is 3. The highest BCUT2D eigenvalue weighted by atomic mass is 19.1. The highest BCUT2D eigenvalue weighted by Gasteiger charge is 2.43. The molecule has 0 aliphatic carbocycles. The van der Waals surface area contributed by atoms with Crippen molar-refractivity contribution < 1.29 is 19.0 Å². The molecule has 0 radical (unpaired) electrons. The lowest BCUT2D eigenvalue weighted by Crippen LogP contribution is -2.48. The van der Waals surface area contributed by atoms with Gasteiger partial charge in [-0.1, -0.05) is 36.4 Å². The lowest BCUT2D eigenvalue weighted by atomic mass is 9.84. The van der Waals surface area contributed by atoms with Crippen LogP contribution >= 0.6 is 0 Å². The molecule has 2 aromatic carbocycles. The second-order valence-corrected chi connectivity index (χ2v) is 8.03. The van der Waals surface area contributed by atoms with Crippen LogP contribution in [0.4, 0.5) is 9.18 Å². The Balaban J connectivity index is 1.51. The summed E-state index contributed by atoms with van der Waals surface area (Å²) in [5.74, 6) is -0.339. The Morgan fingerprint density at radius 2 is 1.91 bits per heavy atom. The summed E-state index contributed by atoms with van der Waals surface area (Å²) in [6.07, 6.45) is 4.34. The zero-order valence-corrected chi connectivity index (χ0v) is 17.9. The minimum absolute atomic E-state index is 0.000700. The van der Waals surface area contributed by atoms with E-state index in [9.17, 15) is 14.3 Å². The summed E-state index contributed by atoms with van der Waals surface area (Å²) in [6.45, 7) is 2.47. The van der Waals surface area contributed by atoms with Crippen molar-refractivity contribution in [2.24, 2.45) is 0 Å². The predicted octanol–water partition coefficient (Wildman–Crippen LogP) is 4.85. The Bertz CT molecular complexity index is 1040. The molecule has 1 N–H and O–H groups in total. The fourth-order valence-electron chi connectivity index (χ4n) is 4.24. The number of amides is 1. The summed E-state index contributed by atoms with van der Waals surface area (Å²) >= 11 is 0. The fourth-order valence-corrected chi connectivity index (χ4v) is 4.24. The van der Waals surface area contributed by atoms with E-state index in [0.29, 0.717) is 25.8 Å². The van der Waals surface area contributed by atoms with Crippen LogP contribution in [0, 0.1) is 5.82 Å². The van der Waals surface area contributed by atoms with E-state index in [4.69, 9.17) is 4.74 Å². The van der Waals surface area contributed by atoms with Crippen LogP contribution in [0.2, 0.25) is 0 Å². The van der Waals surface area contributed by atoms with Crippen molar-refractivity contribution in [2.75, 3.05) is 13.2 Å². The lowest BCUT2D eigenvalue weighted by Gasteiger charge is -2.43. The molecule has 1 aliphatic heterocycles. The first-order chi connectivity index (χ1) is 15.5. The number of rotatable bonds is 7. The summed E-state index contributed by atoms with van der Waals surface area (Å²) in [5, 5.41) is 9.34. The molecule has 2 heterocycles. The van der Waals surface area contributed by atoms with Crippen molar-refractivity contribution in [1.29, 1.82) is 0 Å². The number of carbonyl (C=O) groups is 1. The van der Waals surface area contributed by atoms with E-state index in [1.807, 2.05) is 37.3 Å². The Kier molecular flexibility index (Phi) is 6.46. The van der Waals surface area contributed by atoms with Gasteiger partial charge in [-0.2, -0.15) is 0 Å². The minimum Gasteiger partial charge on any atom is -0.438 e. The number of aliphatic hydroxyl groups excluding tert-OH is 1. The van der Waals surface area contributed by atoms with Gasteiger partial charge in [0.05, 0.1) is 11.7 Å². The number of cyclic esters (lactones) is 1. The summed E-state index contributed by atoms with van der Waals surface area (Å²) in [5.41, 5.74) is 2.70. The zero-order valence-electron chi connectivity index (χ0n) is 17.9. The Morgan fingerprint density at radius 1 is 1.16 bits per heavy atom. The number of halogens is 1. The second-order valence-electron chi connectivity index (χ2n) is 8.03. The molecule has 1 aliphatic rings. The molecule has 1 amide bonds. The number of aliphatic hydroxyl groups is 1. The Morgan fingerprint density at radius 3 is 2.53 bits per heavy atom. The van der Waals surface area contributed by atoms with Crippen LogP contribution < -0.4 is 0 Å². The van der Waals surface area contributed by atoms with E-state index in [2.05, 4.69) is 9.97 Å². The Labute approximate surface area is 186 Å². The minimum atomic E-state index is -0.861. The predicted molar refractivity (Wildman–Crippen MR) is 118 cm³/mol. The smallest absolute Gasteiger partial charge is 0.411 e. The van der Waals surface area contributed by atoms with Crippen molar-refractivity contribution in [3.8, 4) is 11.3 Å². The largest absolute Gasteiger partial charge is 0.438 e. The lowest BCUT2D eigenvalue weighted by molar-refractivity contribution is -0.0680. The summed E-state index contributed by atoms with van der Waals surface area (Å²) < 4.78 is 19.4. The van der Waals surface area contributed by atoms with Crippen molar-refractivity contribution >= 4 is 6.09 Å². The van der Waals surface area contributed by atoms with Gasteiger partial charge in [0.1, 0.15) is 17.7 Å². The van der Waals surface area contributed by atoms with Crippen LogP contribution in [0.1, 0.15) is 43.4 Å². The molecule has 1 aromatic heterocycles. The van der Waals surface area contributed by atoms with E-state index in [1.165, 1.54) is 18.5 Å². The molecule has 32 heavy (non-hydrogen) atoms. The third kappa shape index (κ3) is 4.48. The van der Waals surface area contributed by atoms with Crippen LogP contribution in [0.5, 0.6) is 0 Å². The summed E-state index contributed by atoms with van der Waals surface area (Å²) in [4.78, 5) is 23.0. The average molecular weight is 435 g/mol.